The van der Waals surface area contributed by atoms with Gasteiger partial charge in [0.25, 0.3) is 0 Å². The van der Waals surface area contributed by atoms with E-state index < -0.39 is 0 Å². The molecule has 0 saturated heterocycles. The van der Waals surface area contributed by atoms with Gasteiger partial charge >= 0.3 is 0 Å². The molecule has 0 aliphatic heterocycles. The molecule has 0 radical (unpaired) electrons. The molecule has 0 aliphatic rings. The van der Waals surface area contributed by atoms with Crippen LogP contribution < -0.4 is 0 Å². The number of aromatic nitrogens is 4. The van der Waals surface area contributed by atoms with Gasteiger partial charge in [-0.3, -0.25) is 0 Å². The predicted octanol–water partition coefficient (Wildman–Crippen LogP) is 2.50. The Morgan fingerprint density at radius 1 is 1.21 bits per heavy atom. The van der Waals surface area contributed by atoms with Gasteiger partial charge in [-0.15, -0.1) is 10.2 Å². The highest BCUT2D eigenvalue weighted by Crippen LogP contribution is 2.16. The molecular weight excluding hydrogens is 260 g/mol. The van der Waals surface area contributed by atoms with Gasteiger partial charge in [-0.05, 0) is 11.6 Å². The summed E-state index contributed by atoms with van der Waals surface area (Å²) in [7, 11) is 1.63. The molecule has 3 aromatic rings. The molecular formula is C13H12N4OS. The van der Waals surface area contributed by atoms with E-state index in [4.69, 9.17) is 4.74 Å². The Morgan fingerprint density at radius 3 is 2.84 bits per heavy atom. The van der Waals surface area contributed by atoms with Gasteiger partial charge in [0.2, 0.25) is 4.96 Å². The number of hydrogen-bond acceptors (Lipinski definition) is 5. The average Bonchev–Trinajstić information content (AvgIpc) is 3.00. The Hall–Kier alpha value is -2.05. The van der Waals surface area contributed by atoms with E-state index in [-0.39, 0.29) is 0 Å². The molecule has 0 amide bonds. The van der Waals surface area contributed by atoms with Crippen LogP contribution in [0, 0.1) is 0 Å². The van der Waals surface area contributed by atoms with E-state index in [1.807, 2.05) is 42.5 Å². The van der Waals surface area contributed by atoms with Crippen LogP contribution in [0.5, 0.6) is 0 Å². The van der Waals surface area contributed by atoms with Gasteiger partial charge in [0, 0.05) is 7.11 Å². The van der Waals surface area contributed by atoms with E-state index >= 15 is 0 Å². The van der Waals surface area contributed by atoms with E-state index in [9.17, 15) is 0 Å². The molecule has 0 unspecified atom stereocenters. The molecule has 0 N–H and O–H groups in total. The monoisotopic (exact) mass is 272 g/mol. The van der Waals surface area contributed by atoms with Crippen LogP contribution in [-0.4, -0.2) is 26.9 Å². The molecule has 19 heavy (non-hydrogen) atoms. The Kier molecular flexibility index (Phi) is 3.35. The van der Waals surface area contributed by atoms with Crippen LogP contribution in [-0.2, 0) is 11.3 Å². The number of fused-ring (bicyclic) bond motifs is 1. The van der Waals surface area contributed by atoms with Crippen molar-refractivity contribution in [1.82, 2.24) is 19.8 Å². The first-order valence-electron chi connectivity index (χ1n) is 5.80. The summed E-state index contributed by atoms with van der Waals surface area (Å²) in [6.07, 6.45) is 4.01. The molecule has 0 aliphatic carbocycles. The number of rotatable bonds is 4. The largest absolute Gasteiger partial charge is 0.377 e. The highest BCUT2D eigenvalue weighted by Gasteiger charge is 2.09. The normalized spacial score (nSPS) is 11.6. The minimum absolute atomic E-state index is 0.409. The molecule has 0 bridgehead atoms. The number of nitrogens with zero attached hydrogens (tertiary/aromatic N) is 4. The van der Waals surface area contributed by atoms with Crippen LogP contribution in [0.2, 0.25) is 0 Å². The minimum atomic E-state index is 0.409. The number of hydrogen-bond donors (Lipinski definition) is 0. The Balaban J connectivity index is 1.87. The van der Waals surface area contributed by atoms with Crippen LogP contribution in [0.25, 0.3) is 17.1 Å². The zero-order valence-electron chi connectivity index (χ0n) is 10.4. The van der Waals surface area contributed by atoms with Crippen molar-refractivity contribution >= 4 is 28.4 Å². The maximum absolute atomic E-state index is 5.06. The van der Waals surface area contributed by atoms with Crippen LogP contribution in [0.1, 0.15) is 16.4 Å². The van der Waals surface area contributed by atoms with E-state index in [0.717, 1.165) is 15.5 Å². The fourth-order valence-corrected chi connectivity index (χ4v) is 2.45. The lowest BCUT2D eigenvalue weighted by Crippen LogP contribution is -1.97. The summed E-state index contributed by atoms with van der Waals surface area (Å²) in [6, 6.07) is 10.1. The van der Waals surface area contributed by atoms with Gasteiger partial charge < -0.3 is 4.74 Å². The van der Waals surface area contributed by atoms with Crippen molar-refractivity contribution in [2.24, 2.45) is 0 Å². The third kappa shape index (κ3) is 2.54. The van der Waals surface area contributed by atoms with E-state index in [2.05, 4.69) is 15.3 Å². The summed E-state index contributed by atoms with van der Waals surface area (Å²) in [4.78, 5) is 0.778. The molecule has 0 atom stereocenters. The first-order valence-corrected chi connectivity index (χ1v) is 6.61. The third-order valence-corrected chi connectivity index (χ3v) is 3.43. The molecule has 1 aromatic carbocycles. The van der Waals surface area contributed by atoms with Crippen LogP contribution in [0.3, 0.4) is 0 Å². The van der Waals surface area contributed by atoms with Crippen molar-refractivity contribution in [2.75, 3.05) is 7.11 Å². The number of methoxy groups -OCH3 is 1. The number of benzene rings is 1. The van der Waals surface area contributed by atoms with Gasteiger partial charge in [-0.2, -0.15) is 9.61 Å². The van der Waals surface area contributed by atoms with Gasteiger partial charge in [-0.1, -0.05) is 47.7 Å². The van der Waals surface area contributed by atoms with Gasteiger partial charge in [0.15, 0.2) is 5.82 Å². The molecule has 0 spiro atoms. The Labute approximate surface area is 114 Å². The smallest absolute Gasteiger partial charge is 0.235 e. The fourth-order valence-electron chi connectivity index (χ4n) is 1.69. The van der Waals surface area contributed by atoms with Gasteiger partial charge in [-0.25, -0.2) is 0 Å². The lowest BCUT2D eigenvalue weighted by Gasteiger charge is -1.92. The summed E-state index contributed by atoms with van der Waals surface area (Å²) in [6.45, 7) is 0.409. The summed E-state index contributed by atoms with van der Waals surface area (Å²) < 4.78 is 6.78. The average molecular weight is 272 g/mol. The molecule has 3 rings (SSSR count). The molecule has 2 heterocycles. The van der Waals surface area contributed by atoms with Crippen LogP contribution >= 0.6 is 11.3 Å². The summed E-state index contributed by atoms with van der Waals surface area (Å²) >= 11 is 1.50. The van der Waals surface area contributed by atoms with Crippen molar-refractivity contribution in [3.63, 3.8) is 0 Å². The summed E-state index contributed by atoms with van der Waals surface area (Å²) in [5.41, 5.74) is 1.14. The molecule has 5 nitrogen and oxygen atoms in total. The van der Waals surface area contributed by atoms with Crippen LogP contribution in [0.4, 0.5) is 0 Å². The van der Waals surface area contributed by atoms with Crippen LogP contribution in [0.15, 0.2) is 30.3 Å². The summed E-state index contributed by atoms with van der Waals surface area (Å²) in [5, 5.41) is 13.4. The van der Waals surface area contributed by atoms with E-state index in [1.54, 1.807) is 11.6 Å². The topological polar surface area (TPSA) is 52.3 Å². The third-order valence-electron chi connectivity index (χ3n) is 2.56. The standard InChI is InChI=1S/C13H12N4OS/c1-18-9-11-14-15-13-17(11)16-12(19-13)8-7-10-5-3-2-4-6-10/h2-8H,9H2,1H3. The van der Waals surface area contributed by atoms with Crippen molar-refractivity contribution in [1.29, 1.82) is 0 Å². The van der Waals surface area contributed by atoms with Crippen molar-refractivity contribution in [2.45, 2.75) is 6.61 Å². The lowest BCUT2D eigenvalue weighted by atomic mass is 10.2. The zero-order chi connectivity index (χ0) is 13.1. The van der Waals surface area contributed by atoms with E-state index in [1.165, 1.54) is 11.3 Å². The molecule has 6 heteroatoms. The zero-order valence-corrected chi connectivity index (χ0v) is 11.2. The van der Waals surface area contributed by atoms with Crippen molar-refractivity contribution < 1.29 is 4.74 Å². The fraction of sp³-hybridized carbons (Fsp3) is 0.154. The predicted molar refractivity (Wildman–Crippen MR) is 74.7 cm³/mol. The van der Waals surface area contributed by atoms with Crippen molar-refractivity contribution in [3.05, 3.63) is 46.7 Å². The minimum Gasteiger partial charge on any atom is -0.377 e. The number of ether oxygens (including phenoxy) is 1. The summed E-state index contributed by atoms with van der Waals surface area (Å²) in [5.74, 6) is 0.716. The lowest BCUT2D eigenvalue weighted by molar-refractivity contribution is 0.176. The highest BCUT2D eigenvalue weighted by molar-refractivity contribution is 7.17. The Morgan fingerprint density at radius 2 is 2.05 bits per heavy atom. The molecule has 2 aromatic heterocycles. The van der Waals surface area contributed by atoms with Gasteiger partial charge in [0.05, 0.1) is 0 Å². The first-order chi connectivity index (χ1) is 9.36. The van der Waals surface area contributed by atoms with E-state index in [0.29, 0.717) is 12.4 Å². The second-order valence-electron chi connectivity index (χ2n) is 3.93. The molecule has 96 valence electrons. The SMILES string of the molecule is COCc1nnc2sc(C=Cc3ccccc3)nn12. The second kappa shape index (κ2) is 5.29. The van der Waals surface area contributed by atoms with Gasteiger partial charge in [0.1, 0.15) is 11.6 Å². The molecule has 0 saturated carbocycles. The maximum Gasteiger partial charge on any atom is 0.235 e. The maximum atomic E-state index is 5.06. The van der Waals surface area contributed by atoms with Crippen molar-refractivity contribution in [3.8, 4) is 0 Å². The highest BCUT2D eigenvalue weighted by atomic mass is 32.1. The quantitative estimate of drug-likeness (QED) is 0.732. The molecule has 0 fully saturated rings. The first kappa shape index (κ1) is 12.0. The second-order valence-corrected chi connectivity index (χ2v) is 4.92. The Bertz CT molecular complexity index is 702.